The van der Waals surface area contributed by atoms with Gasteiger partial charge < -0.3 is 5.32 Å². The molecule has 0 saturated heterocycles. The van der Waals surface area contributed by atoms with Gasteiger partial charge in [-0.25, -0.2) is 0 Å². The Labute approximate surface area is 124 Å². The molecule has 1 atom stereocenters. The lowest BCUT2D eigenvalue weighted by molar-refractivity contribution is 0.499. The number of rotatable bonds is 7. The predicted octanol–water partition coefficient (Wildman–Crippen LogP) is 5.08. The summed E-state index contributed by atoms with van der Waals surface area (Å²) in [5, 5.41) is 6.55. The number of hydrogen-bond donors (Lipinski definition) is 1. The molecule has 0 saturated carbocycles. The SMILES string of the molecule is CCNC(CCCc1cccs1)c1ccccc1Cl. The fraction of sp³-hybridized carbons (Fsp3) is 0.375. The molecule has 0 aliphatic heterocycles. The maximum atomic E-state index is 6.30. The van der Waals surface area contributed by atoms with Gasteiger partial charge in [0.15, 0.2) is 0 Å². The maximum absolute atomic E-state index is 6.30. The van der Waals surface area contributed by atoms with Crippen LogP contribution in [0.1, 0.15) is 36.2 Å². The Morgan fingerprint density at radius 2 is 2.05 bits per heavy atom. The van der Waals surface area contributed by atoms with Crippen molar-refractivity contribution in [2.75, 3.05) is 6.54 Å². The topological polar surface area (TPSA) is 12.0 Å². The van der Waals surface area contributed by atoms with Gasteiger partial charge in [-0.1, -0.05) is 42.8 Å². The van der Waals surface area contributed by atoms with Crippen LogP contribution in [-0.2, 0) is 6.42 Å². The molecule has 0 radical (unpaired) electrons. The zero-order chi connectivity index (χ0) is 13.5. The summed E-state index contributed by atoms with van der Waals surface area (Å²) in [6.07, 6.45) is 3.46. The minimum atomic E-state index is 0.360. The second-order valence-corrected chi connectivity index (χ2v) is 6.04. The third-order valence-electron chi connectivity index (χ3n) is 3.23. The molecule has 0 fully saturated rings. The lowest BCUT2D eigenvalue weighted by Gasteiger charge is -2.19. The van der Waals surface area contributed by atoms with Crippen molar-refractivity contribution in [3.63, 3.8) is 0 Å². The molecule has 0 bridgehead atoms. The molecule has 102 valence electrons. The average Bonchev–Trinajstić information content (AvgIpc) is 2.92. The van der Waals surface area contributed by atoms with Crippen LogP contribution in [0.5, 0.6) is 0 Å². The molecule has 2 rings (SSSR count). The van der Waals surface area contributed by atoms with Gasteiger partial charge in [0.25, 0.3) is 0 Å². The van der Waals surface area contributed by atoms with Gasteiger partial charge >= 0.3 is 0 Å². The van der Waals surface area contributed by atoms with Gasteiger partial charge in [0.2, 0.25) is 0 Å². The summed E-state index contributed by atoms with van der Waals surface area (Å²) < 4.78 is 0. The Balaban J connectivity index is 1.94. The Kier molecular flexibility index (Phi) is 5.90. The maximum Gasteiger partial charge on any atom is 0.0453 e. The van der Waals surface area contributed by atoms with Gasteiger partial charge in [-0.3, -0.25) is 0 Å². The summed E-state index contributed by atoms with van der Waals surface area (Å²) in [5.41, 5.74) is 1.22. The summed E-state index contributed by atoms with van der Waals surface area (Å²) in [4.78, 5) is 1.47. The number of nitrogens with one attached hydrogen (secondary N) is 1. The fourth-order valence-corrected chi connectivity index (χ4v) is 3.33. The third kappa shape index (κ3) is 4.34. The van der Waals surface area contributed by atoms with Crippen LogP contribution >= 0.6 is 22.9 Å². The van der Waals surface area contributed by atoms with E-state index in [1.54, 1.807) is 0 Å². The molecular formula is C16H20ClNS. The Morgan fingerprint density at radius 1 is 1.21 bits per heavy atom. The molecule has 1 heterocycles. The molecule has 3 heteroatoms. The smallest absolute Gasteiger partial charge is 0.0453 e. The first kappa shape index (κ1) is 14.6. The fourth-order valence-electron chi connectivity index (χ4n) is 2.31. The number of halogens is 1. The highest BCUT2D eigenvalue weighted by atomic mass is 35.5. The van der Waals surface area contributed by atoms with E-state index < -0.39 is 0 Å². The predicted molar refractivity (Wildman–Crippen MR) is 85.1 cm³/mol. The standard InChI is InChI=1S/C16H20ClNS/c1-2-18-16(14-9-3-4-10-15(14)17)11-5-7-13-8-6-12-19-13/h3-4,6,8-10,12,16,18H,2,5,7,11H2,1H3. The van der Waals surface area contributed by atoms with Gasteiger partial charge in [-0.2, -0.15) is 0 Å². The van der Waals surface area contributed by atoms with Crippen molar-refractivity contribution in [1.82, 2.24) is 5.32 Å². The van der Waals surface area contributed by atoms with Crippen LogP contribution in [0.2, 0.25) is 5.02 Å². The van der Waals surface area contributed by atoms with Gasteiger partial charge in [-0.15, -0.1) is 11.3 Å². The van der Waals surface area contributed by atoms with Crippen molar-refractivity contribution in [3.05, 3.63) is 57.2 Å². The monoisotopic (exact) mass is 293 g/mol. The lowest BCUT2D eigenvalue weighted by Crippen LogP contribution is -2.21. The van der Waals surface area contributed by atoms with Crippen molar-refractivity contribution >= 4 is 22.9 Å². The Hall–Kier alpha value is -0.830. The molecule has 2 aromatic rings. The molecule has 1 aromatic carbocycles. The average molecular weight is 294 g/mol. The van der Waals surface area contributed by atoms with Crippen molar-refractivity contribution in [2.24, 2.45) is 0 Å². The van der Waals surface area contributed by atoms with Crippen molar-refractivity contribution < 1.29 is 0 Å². The Bertz CT molecular complexity index is 481. The molecule has 0 spiro atoms. The molecule has 1 unspecified atom stereocenters. The van der Waals surface area contributed by atoms with Crippen LogP contribution in [0.4, 0.5) is 0 Å². The minimum Gasteiger partial charge on any atom is -0.310 e. The van der Waals surface area contributed by atoms with E-state index in [9.17, 15) is 0 Å². The summed E-state index contributed by atoms with van der Waals surface area (Å²) in [6.45, 7) is 3.11. The van der Waals surface area contributed by atoms with Crippen LogP contribution in [0, 0.1) is 0 Å². The quantitative estimate of drug-likeness (QED) is 0.751. The molecule has 0 aliphatic carbocycles. The highest BCUT2D eigenvalue weighted by Crippen LogP contribution is 2.26. The second kappa shape index (κ2) is 7.68. The summed E-state index contributed by atoms with van der Waals surface area (Å²) in [5.74, 6) is 0. The normalized spacial score (nSPS) is 12.5. The lowest BCUT2D eigenvalue weighted by atomic mass is 10.0. The molecule has 0 amide bonds. The molecule has 0 aliphatic rings. The summed E-state index contributed by atoms with van der Waals surface area (Å²) in [7, 11) is 0. The van der Waals surface area contributed by atoms with E-state index in [1.807, 2.05) is 23.5 Å². The summed E-state index contributed by atoms with van der Waals surface area (Å²) >= 11 is 8.14. The number of benzene rings is 1. The first-order chi connectivity index (χ1) is 9.31. The number of thiophene rings is 1. The number of aryl methyl sites for hydroxylation is 1. The Morgan fingerprint density at radius 3 is 2.74 bits per heavy atom. The van der Waals surface area contributed by atoms with Crippen molar-refractivity contribution in [1.29, 1.82) is 0 Å². The third-order valence-corrected chi connectivity index (χ3v) is 4.51. The van der Waals surface area contributed by atoms with Gasteiger partial charge in [0.1, 0.15) is 0 Å². The number of hydrogen-bond acceptors (Lipinski definition) is 2. The van der Waals surface area contributed by atoms with E-state index in [4.69, 9.17) is 11.6 Å². The van der Waals surface area contributed by atoms with Gasteiger partial charge in [0, 0.05) is 15.9 Å². The van der Waals surface area contributed by atoms with Crippen LogP contribution in [0.15, 0.2) is 41.8 Å². The van der Waals surface area contributed by atoms with E-state index in [0.717, 1.165) is 24.4 Å². The first-order valence-electron chi connectivity index (χ1n) is 6.81. The largest absolute Gasteiger partial charge is 0.310 e. The van der Waals surface area contributed by atoms with Crippen LogP contribution in [0.25, 0.3) is 0 Å². The molecule has 1 nitrogen and oxygen atoms in total. The van der Waals surface area contributed by atoms with Crippen LogP contribution < -0.4 is 5.32 Å². The van der Waals surface area contributed by atoms with E-state index in [0.29, 0.717) is 6.04 Å². The van der Waals surface area contributed by atoms with Crippen molar-refractivity contribution in [3.8, 4) is 0 Å². The van der Waals surface area contributed by atoms with E-state index >= 15 is 0 Å². The molecule has 19 heavy (non-hydrogen) atoms. The highest BCUT2D eigenvalue weighted by molar-refractivity contribution is 7.09. The van der Waals surface area contributed by atoms with Gasteiger partial charge in [-0.05, 0) is 48.9 Å². The zero-order valence-corrected chi connectivity index (χ0v) is 12.8. The van der Waals surface area contributed by atoms with E-state index in [2.05, 4.69) is 41.9 Å². The van der Waals surface area contributed by atoms with Crippen LogP contribution in [-0.4, -0.2) is 6.54 Å². The second-order valence-electron chi connectivity index (χ2n) is 4.60. The summed E-state index contributed by atoms with van der Waals surface area (Å²) in [6, 6.07) is 12.8. The molecule has 1 N–H and O–H groups in total. The van der Waals surface area contributed by atoms with Crippen molar-refractivity contribution in [2.45, 2.75) is 32.2 Å². The first-order valence-corrected chi connectivity index (χ1v) is 8.07. The van der Waals surface area contributed by atoms with E-state index in [-0.39, 0.29) is 0 Å². The molecule has 1 aromatic heterocycles. The zero-order valence-electron chi connectivity index (χ0n) is 11.2. The van der Waals surface area contributed by atoms with Gasteiger partial charge in [0.05, 0.1) is 0 Å². The molecular weight excluding hydrogens is 274 g/mol. The van der Waals surface area contributed by atoms with E-state index in [1.165, 1.54) is 16.9 Å². The highest BCUT2D eigenvalue weighted by Gasteiger charge is 2.12. The van der Waals surface area contributed by atoms with Crippen LogP contribution in [0.3, 0.4) is 0 Å². The minimum absolute atomic E-state index is 0.360.